The summed E-state index contributed by atoms with van der Waals surface area (Å²) >= 11 is 0. The van der Waals surface area contributed by atoms with E-state index in [1.54, 1.807) is 6.20 Å². The Labute approximate surface area is 146 Å². The van der Waals surface area contributed by atoms with Crippen molar-refractivity contribution < 1.29 is 0 Å². The van der Waals surface area contributed by atoms with Gasteiger partial charge in [-0.1, -0.05) is 26.2 Å². The molecule has 21 heavy (non-hydrogen) atoms. The fourth-order valence-corrected chi connectivity index (χ4v) is 2.02. The van der Waals surface area contributed by atoms with Gasteiger partial charge in [-0.15, -0.1) is 24.0 Å². The highest BCUT2D eigenvalue weighted by Gasteiger charge is 2.04. The number of unbranched alkanes of at least 4 members (excludes halogenated alkanes) is 2. The molecule has 0 spiro atoms. The third-order valence-electron chi connectivity index (χ3n) is 3.13. The Morgan fingerprint density at radius 3 is 2.76 bits per heavy atom. The third kappa shape index (κ3) is 9.71. The lowest BCUT2D eigenvalue weighted by atomic mass is 10.1. The van der Waals surface area contributed by atoms with Crippen molar-refractivity contribution in [3.63, 3.8) is 0 Å². The summed E-state index contributed by atoms with van der Waals surface area (Å²) in [5, 5.41) is 10.9. The van der Waals surface area contributed by atoms with Gasteiger partial charge >= 0.3 is 0 Å². The van der Waals surface area contributed by atoms with Gasteiger partial charge in [-0.25, -0.2) is 0 Å². The molecule has 0 fully saturated rings. The quantitative estimate of drug-likeness (QED) is 0.286. The van der Waals surface area contributed by atoms with Gasteiger partial charge in [-0.2, -0.15) is 5.10 Å². The highest BCUT2D eigenvalue weighted by Crippen LogP contribution is 2.02. The molecular weight excluding hydrogens is 377 g/mol. The minimum absolute atomic E-state index is 0. The fourth-order valence-electron chi connectivity index (χ4n) is 2.02. The minimum atomic E-state index is 0. The summed E-state index contributed by atoms with van der Waals surface area (Å²) in [7, 11) is 0. The topological polar surface area (TPSA) is 54.2 Å². The highest BCUT2D eigenvalue weighted by atomic mass is 127. The first-order valence-corrected chi connectivity index (χ1v) is 7.78. The summed E-state index contributed by atoms with van der Waals surface area (Å²) in [6.45, 7) is 8.98. The molecule has 1 rings (SSSR count). The molecule has 1 atom stereocenters. The van der Waals surface area contributed by atoms with E-state index in [1.165, 1.54) is 25.7 Å². The van der Waals surface area contributed by atoms with Crippen LogP contribution >= 0.6 is 24.0 Å². The van der Waals surface area contributed by atoms with Gasteiger partial charge in [0.25, 0.3) is 0 Å². The Bertz CT molecular complexity index is 364. The number of aliphatic imine (C=N–C) groups is 1. The van der Waals surface area contributed by atoms with Gasteiger partial charge < -0.3 is 10.6 Å². The standard InChI is InChI=1S/C15H29N5.HI/c1-4-6-7-9-14(3)19-15(16-5-2)17-11-13-20-12-8-10-18-20;/h8,10,12,14H,4-7,9,11,13H2,1-3H3,(H2,16,17,19);1H. The smallest absolute Gasteiger partial charge is 0.191 e. The van der Waals surface area contributed by atoms with Crippen LogP contribution in [-0.4, -0.2) is 34.9 Å². The van der Waals surface area contributed by atoms with Gasteiger partial charge in [-0.3, -0.25) is 9.67 Å². The normalized spacial score (nSPS) is 12.6. The molecule has 1 aromatic heterocycles. The molecular formula is C15H30IN5. The molecule has 0 radical (unpaired) electrons. The number of halogens is 1. The number of hydrogen-bond acceptors (Lipinski definition) is 2. The van der Waals surface area contributed by atoms with Crippen LogP contribution in [-0.2, 0) is 6.54 Å². The Hall–Kier alpha value is -0.790. The molecule has 5 nitrogen and oxygen atoms in total. The van der Waals surface area contributed by atoms with E-state index in [0.29, 0.717) is 6.04 Å². The molecule has 0 aliphatic carbocycles. The van der Waals surface area contributed by atoms with Gasteiger partial charge in [0.05, 0.1) is 13.1 Å². The van der Waals surface area contributed by atoms with Gasteiger partial charge in [0.2, 0.25) is 0 Å². The zero-order valence-corrected chi connectivity index (χ0v) is 15.8. The van der Waals surface area contributed by atoms with E-state index in [2.05, 4.69) is 41.5 Å². The molecule has 0 saturated heterocycles. The van der Waals surface area contributed by atoms with Crippen LogP contribution in [0.1, 0.15) is 46.5 Å². The fraction of sp³-hybridized carbons (Fsp3) is 0.733. The maximum atomic E-state index is 4.59. The first-order chi connectivity index (χ1) is 9.76. The molecule has 1 aromatic rings. The van der Waals surface area contributed by atoms with E-state index in [0.717, 1.165) is 25.6 Å². The average Bonchev–Trinajstić information content (AvgIpc) is 2.92. The first-order valence-electron chi connectivity index (χ1n) is 7.78. The van der Waals surface area contributed by atoms with E-state index in [1.807, 2.05) is 16.9 Å². The molecule has 1 heterocycles. The van der Waals surface area contributed by atoms with Crippen molar-refractivity contribution in [3.05, 3.63) is 18.5 Å². The van der Waals surface area contributed by atoms with Crippen LogP contribution in [0.5, 0.6) is 0 Å². The lowest BCUT2D eigenvalue weighted by molar-refractivity contribution is 0.545. The van der Waals surface area contributed by atoms with E-state index in [4.69, 9.17) is 0 Å². The molecule has 2 N–H and O–H groups in total. The average molecular weight is 407 g/mol. The second kappa shape index (κ2) is 12.9. The van der Waals surface area contributed by atoms with Crippen molar-refractivity contribution in [2.45, 2.75) is 59.0 Å². The second-order valence-corrected chi connectivity index (χ2v) is 5.07. The monoisotopic (exact) mass is 407 g/mol. The number of guanidine groups is 1. The summed E-state index contributed by atoms with van der Waals surface area (Å²) in [6.07, 6.45) is 8.80. The van der Waals surface area contributed by atoms with Gasteiger partial charge in [-0.05, 0) is 26.3 Å². The number of nitrogens with one attached hydrogen (secondary N) is 2. The lowest BCUT2D eigenvalue weighted by Gasteiger charge is -2.17. The summed E-state index contributed by atoms with van der Waals surface area (Å²) in [5.41, 5.74) is 0. The largest absolute Gasteiger partial charge is 0.357 e. The number of hydrogen-bond donors (Lipinski definition) is 2. The molecule has 6 heteroatoms. The molecule has 0 aliphatic heterocycles. The lowest BCUT2D eigenvalue weighted by Crippen LogP contribution is -2.42. The van der Waals surface area contributed by atoms with Crippen molar-refractivity contribution in [1.82, 2.24) is 20.4 Å². The summed E-state index contributed by atoms with van der Waals surface area (Å²) < 4.78 is 1.90. The SMILES string of the molecule is CCCCCC(C)NC(=NCCn1cccn1)NCC.I. The van der Waals surface area contributed by atoms with Crippen molar-refractivity contribution in [2.24, 2.45) is 4.99 Å². The zero-order chi connectivity index (χ0) is 14.6. The van der Waals surface area contributed by atoms with Crippen molar-refractivity contribution in [2.75, 3.05) is 13.1 Å². The van der Waals surface area contributed by atoms with Crippen LogP contribution in [0.25, 0.3) is 0 Å². The summed E-state index contributed by atoms with van der Waals surface area (Å²) in [4.78, 5) is 4.59. The van der Waals surface area contributed by atoms with E-state index in [9.17, 15) is 0 Å². The zero-order valence-electron chi connectivity index (χ0n) is 13.5. The minimum Gasteiger partial charge on any atom is -0.357 e. The van der Waals surface area contributed by atoms with Gasteiger partial charge in [0, 0.05) is 25.0 Å². The second-order valence-electron chi connectivity index (χ2n) is 5.07. The molecule has 122 valence electrons. The van der Waals surface area contributed by atoms with Gasteiger partial charge in [0.15, 0.2) is 5.96 Å². The predicted molar refractivity (Wildman–Crippen MR) is 100 cm³/mol. The Balaban J connectivity index is 0.00000400. The predicted octanol–water partition coefficient (Wildman–Crippen LogP) is 3.03. The van der Waals surface area contributed by atoms with Crippen LogP contribution < -0.4 is 10.6 Å². The summed E-state index contributed by atoms with van der Waals surface area (Å²) in [6, 6.07) is 2.40. The Morgan fingerprint density at radius 1 is 1.33 bits per heavy atom. The van der Waals surface area contributed by atoms with Crippen LogP contribution in [0.2, 0.25) is 0 Å². The van der Waals surface area contributed by atoms with Gasteiger partial charge in [0.1, 0.15) is 0 Å². The van der Waals surface area contributed by atoms with E-state index >= 15 is 0 Å². The molecule has 0 saturated carbocycles. The van der Waals surface area contributed by atoms with E-state index in [-0.39, 0.29) is 24.0 Å². The van der Waals surface area contributed by atoms with Crippen LogP contribution in [0.4, 0.5) is 0 Å². The van der Waals surface area contributed by atoms with Crippen molar-refractivity contribution in [1.29, 1.82) is 0 Å². The van der Waals surface area contributed by atoms with Crippen molar-refractivity contribution in [3.8, 4) is 0 Å². The molecule has 0 aromatic carbocycles. The van der Waals surface area contributed by atoms with Crippen LogP contribution in [0.15, 0.2) is 23.5 Å². The molecule has 1 unspecified atom stereocenters. The number of rotatable bonds is 9. The first kappa shape index (κ1) is 20.2. The molecule has 0 bridgehead atoms. The molecule has 0 aliphatic rings. The number of nitrogens with zero attached hydrogens (tertiary/aromatic N) is 3. The summed E-state index contributed by atoms with van der Waals surface area (Å²) in [5.74, 6) is 0.906. The van der Waals surface area contributed by atoms with Crippen LogP contribution in [0.3, 0.4) is 0 Å². The molecule has 0 amide bonds. The maximum Gasteiger partial charge on any atom is 0.191 e. The third-order valence-corrected chi connectivity index (χ3v) is 3.13. The maximum absolute atomic E-state index is 4.59. The van der Waals surface area contributed by atoms with E-state index < -0.39 is 0 Å². The Morgan fingerprint density at radius 2 is 2.14 bits per heavy atom. The Kier molecular flexibility index (Phi) is 12.4. The van der Waals surface area contributed by atoms with Crippen molar-refractivity contribution >= 4 is 29.9 Å². The van der Waals surface area contributed by atoms with Crippen LogP contribution in [0, 0.1) is 0 Å². The highest BCUT2D eigenvalue weighted by molar-refractivity contribution is 14.0. The number of aromatic nitrogens is 2.